The van der Waals surface area contributed by atoms with E-state index in [1.807, 2.05) is 0 Å². The lowest BCUT2D eigenvalue weighted by molar-refractivity contribution is 0.117. The lowest BCUT2D eigenvalue weighted by Gasteiger charge is -2.26. The SMILES string of the molecule is C=C(OCCN(CC)CC)C(C)(C)CC. The van der Waals surface area contributed by atoms with E-state index < -0.39 is 0 Å². The lowest BCUT2D eigenvalue weighted by Crippen LogP contribution is -2.28. The number of likely N-dealkylation sites (N-methyl/N-ethyl adjacent to an activating group) is 1. The number of hydrogen-bond donors (Lipinski definition) is 0. The van der Waals surface area contributed by atoms with Crippen molar-refractivity contribution >= 4 is 0 Å². The second-order valence-electron chi connectivity index (χ2n) is 4.54. The molecule has 0 unspecified atom stereocenters. The zero-order valence-corrected chi connectivity index (χ0v) is 11.1. The van der Waals surface area contributed by atoms with Gasteiger partial charge in [-0.1, -0.05) is 41.2 Å². The molecule has 0 fully saturated rings. The zero-order chi connectivity index (χ0) is 11.9. The van der Waals surface area contributed by atoms with E-state index in [9.17, 15) is 0 Å². The van der Waals surface area contributed by atoms with Gasteiger partial charge in [0, 0.05) is 12.0 Å². The van der Waals surface area contributed by atoms with Crippen LogP contribution in [-0.4, -0.2) is 31.1 Å². The minimum atomic E-state index is 0.100. The van der Waals surface area contributed by atoms with Crippen LogP contribution in [0, 0.1) is 5.41 Å². The van der Waals surface area contributed by atoms with Crippen LogP contribution in [0.3, 0.4) is 0 Å². The molecule has 0 atom stereocenters. The Kier molecular flexibility index (Phi) is 6.66. The number of hydrogen-bond acceptors (Lipinski definition) is 2. The third-order valence-electron chi connectivity index (χ3n) is 3.22. The molecule has 2 nitrogen and oxygen atoms in total. The maximum atomic E-state index is 5.70. The summed E-state index contributed by atoms with van der Waals surface area (Å²) in [4.78, 5) is 2.35. The predicted molar refractivity (Wildman–Crippen MR) is 67.0 cm³/mol. The van der Waals surface area contributed by atoms with Gasteiger partial charge in [0.15, 0.2) is 0 Å². The van der Waals surface area contributed by atoms with Crippen molar-refractivity contribution in [2.24, 2.45) is 5.41 Å². The summed E-state index contributed by atoms with van der Waals surface area (Å²) in [6.07, 6.45) is 1.07. The van der Waals surface area contributed by atoms with Gasteiger partial charge in [0.05, 0.1) is 5.76 Å². The molecule has 0 N–H and O–H groups in total. The third-order valence-corrected chi connectivity index (χ3v) is 3.22. The molecule has 0 aliphatic heterocycles. The minimum absolute atomic E-state index is 0.100. The molecule has 0 amide bonds. The molecule has 0 radical (unpaired) electrons. The highest BCUT2D eigenvalue weighted by Crippen LogP contribution is 2.28. The van der Waals surface area contributed by atoms with Crippen LogP contribution in [0.5, 0.6) is 0 Å². The second-order valence-corrected chi connectivity index (χ2v) is 4.54. The smallest absolute Gasteiger partial charge is 0.100 e. The van der Waals surface area contributed by atoms with Gasteiger partial charge in [-0.3, -0.25) is 0 Å². The molecule has 0 aromatic carbocycles. The largest absolute Gasteiger partial charge is 0.497 e. The average molecular weight is 213 g/mol. The maximum absolute atomic E-state index is 5.70. The fraction of sp³-hybridized carbons (Fsp3) is 0.846. The van der Waals surface area contributed by atoms with E-state index in [0.29, 0.717) is 0 Å². The van der Waals surface area contributed by atoms with Crippen molar-refractivity contribution < 1.29 is 4.74 Å². The van der Waals surface area contributed by atoms with E-state index in [-0.39, 0.29) is 5.41 Å². The Morgan fingerprint density at radius 1 is 1.20 bits per heavy atom. The molecule has 0 saturated carbocycles. The van der Waals surface area contributed by atoms with Crippen LogP contribution in [0.2, 0.25) is 0 Å². The normalized spacial score (nSPS) is 11.9. The molecule has 0 heterocycles. The summed E-state index contributed by atoms with van der Waals surface area (Å²) in [7, 11) is 0. The Morgan fingerprint density at radius 3 is 2.13 bits per heavy atom. The highest BCUT2D eigenvalue weighted by Gasteiger charge is 2.20. The van der Waals surface area contributed by atoms with Gasteiger partial charge in [-0.05, 0) is 19.5 Å². The first-order chi connectivity index (χ1) is 6.97. The van der Waals surface area contributed by atoms with Gasteiger partial charge in [-0.25, -0.2) is 0 Å². The zero-order valence-electron chi connectivity index (χ0n) is 11.1. The van der Waals surface area contributed by atoms with E-state index >= 15 is 0 Å². The standard InChI is InChI=1S/C13H27NO/c1-7-13(5,6)12(4)15-11-10-14(8-2)9-3/h4,7-11H2,1-3,5-6H3. The molecule has 2 heteroatoms. The van der Waals surface area contributed by atoms with Crippen LogP contribution < -0.4 is 0 Å². The molecule has 0 saturated heterocycles. The van der Waals surface area contributed by atoms with Crippen LogP contribution in [0.25, 0.3) is 0 Å². The van der Waals surface area contributed by atoms with Gasteiger partial charge in [0.1, 0.15) is 6.61 Å². The number of rotatable bonds is 8. The molecular weight excluding hydrogens is 186 g/mol. The second kappa shape index (κ2) is 6.89. The molecule has 15 heavy (non-hydrogen) atoms. The monoisotopic (exact) mass is 213 g/mol. The van der Waals surface area contributed by atoms with E-state index in [4.69, 9.17) is 4.74 Å². The summed E-state index contributed by atoms with van der Waals surface area (Å²) in [5.41, 5.74) is 0.100. The van der Waals surface area contributed by atoms with Gasteiger partial charge >= 0.3 is 0 Å². The molecule has 0 aliphatic rings. The topological polar surface area (TPSA) is 12.5 Å². The van der Waals surface area contributed by atoms with Crippen molar-refractivity contribution in [1.29, 1.82) is 0 Å². The van der Waals surface area contributed by atoms with Gasteiger partial charge in [0.25, 0.3) is 0 Å². The van der Waals surface area contributed by atoms with E-state index in [2.05, 4.69) is 46.1 Å². The maximum Gasteiger partial charge on any atom is 0.100 e. The first-order valence-corrected chi connectivity index (χ1v) is 6.02. The highest BCUT2D eigenvalue weighted by atomic mass is 16.5. The summed E-state index contributed by atoms with van der Waals surface area (Å²) < 4.78 is 5.70. The molecule has 0 spiro atoms. The quantitative estimate of drug-likeness (QED) is 0.574. The van der Waals surface area contributed by atoms with E-state index in [0.717, 1.165) is 38.4 Å². The van der Waals surface area contributed by atoms with Crippen LogP contribution >= 0.6 is 0 Å². The summed E-state index contributed by atoms with van der Waals surface area (Å²) in [6, 6.07) is 0. The van der Waals surface area contributed by atoms with Gasteiger partial charge in [-0.2, -0.15) is 0 Å². The fourth-order valence-electron chi connectivity index (χ4n) is 1.23. The van der Waals surface area contributed by atoms with Gasteiger partial charge in [-0.15, -0.1) is 0 Å². The lowest BCUT2D eigenvalue weighted by atomic mass is 9.88. The third kappa shape index (κ3) is 5.22. The van der Waals surface area contributed by atoms with Crippen molar-refractivity contribution in [1.82, 2.24) is 4.90 Å². The molecule has 0 aromatic rings. The Balaban J connectivity index is 3.82. The van der Waals surface area contributed by atoms with Crippen molar-refractivity contribution in [3.8, 4) is 0 Å². The minimum Gasteiger partial charge on any atom is -0.497 e. The van der Waals surface area contributed by atoms with Crippen LogP contribution in [-0.2, 0) is 4.74 Å². The summed E-state index contributed by atoms with van der Waals surface area (Å²) >= 11 is 0. The van der Waals surface area contributed by atoms with Crippen molar-refractivity contribution in [3.63, 3.8) is 0 Å². The Morgan fingerprint density at radius 2 is 1.73 bits per heavy atom. The summed E-state index contributed by atoms with van der Waals surface area (Å²) in [5.74, 6) is 0.914. The van der Waals surface area contributed by atoms with Crippen LogP contribution in [0.1, 0.15) is 41.0 Å². The van der Waals surface area contributed by atoms with Crippen molar-refractivity contribution in [2.45, 2.75) is 41.0 Å². The first kappa shape index (κ1) is 14.5. The first-order valence-electron chi connectivity index (χ1n) is 6.02. The molecule has 90 valence electrons. The van der Waals surface area contributed by atoms with Crippen molar-refractivity contribution in [3.05, 3.63) is 12.3 Å². The molecule has 0 aromatic heterocycles. The van der Waals surface area contributed by atoms with Gasteiger partial charge < -0.3 is 9.64 Å². The molecule has 0 bridgehead atoms. The summed E-state index contributed by atoms with van der Waals surface area (Å²) in [5, 5.41) is 0. The van der Waals surface area contributed by atoms with Crippen molar-refractivity contribution in [2.75, 3.05) is 26.2 Å². The average Bonchev–Trinajstić information content (AvgIpc) is 2.24. The molecule has 0 aliphatic carbocycles. The Labute approximate surface area is 95.3 Å². The van der Waals surface area contributed by atoms with E-state index in [1.165, 1.54) is 0 Å². The highest BCUT2D eigenvalue weighted by molar-refractivity contribution is 4.97. The van der Waals surface area contributed by atoms with Crippen LogP contribution in [0.15, 0.2) is 12.3 Å². The van der Waals surface area contributed by atoms with Gasteiger partial charge in [0.2, 0.25) is 0 Å². The molecular formula is C13H27NO. The number of allylic oxidation sites excluding steroid dienone is 1. The molecule has 0 rings (SSSR count). The predicted octanol–water partition coefficient (Wildman–Crippen LogP) is 3.29. The number of ether oxygens (including phenoxy) is 1. The fourth-order valence-corrected chi connectivity index (χ4v) is 1.23. The van der Waals surface area contributed by atoms with E-state index in [1.54, 1.807) is 0 Å². The Bertz CT molecular complexity index is 183. The number of nitrogens with zero attached hydrogens (tertiary/aromatic N) is 1. The summed E-state index contributed by atoms with van der Waals surface area (Å²) in [6.45, 7) is 18.8. The van der Waals surface area contributed by atoms with Crippen LogP contribution in [0.4, 0.5) is 0 Å². The Hall–Kier alpha value is -0.500.